The van der Waals surface area contributed by atoms with Crippen LogP contribution in [-0.4, -0.2) is 23.6 Å². The van der Waals surface area contributed by atoms with Crippen LogP contribution in [0.3, 0.4) is 0 Å². The van der Waals surface area contributed by atoms with E-state index in [-0.39, 0.29) is 12.0 Å². The van der Waals surface area contributed by atoms with Gasteiger partial charge in [0.15, 0.2) is 0 Å². The van der Waals surface area contributed by atoms with E-state index in [2.05, 4.69) is 10.3 Å². The molecule has 1 aromatic heterocycles. The van der Waals surface area contributed by atoms with Gasteiger partial charge in [0, 0.05) is 24.4 Å². The summed E-state index contributed by atoms with van der Waals surface area (Å²) in [4.78, 5) is 15.6. The number of carbonyl (C=O) groups is 1. The first kappa shape index (κ1) is 13.4. The van der Waals surface area contributed by atoms with E-state index >= 15 is 0 Å². The van der Waals surface area contributed by atoms with Crippen LogP contribution >= 0.6 is 0 Å². The van der Waals surface area contributed by atoms with Crippen LogP contribution in [0.5, 0.6) is 11.6 Å². The van der Waals surface area contributed by atoms with Crippen LogP contribution in [0.2, 0.25) is 0 Å². The van der Waals surface area contributed by atoms with Gasteiger partial charge >= 0.3 is 5.97 Å². The third kappa shape index (κ3) is 3.31. The maximum atomic E-state index is 11.4. The molecule has 3 rings (SSSR count). The van der Waals surface area contributed by atoms with Crippen molar-refractivity contribution in [3.8, 4) is 11.6 Å². The number of hydrogen-bond acceptors (Lipinski definition) is 5. The van der Waals surface area contributed by atoms with Gasteiger partial charge in [-0.15, -0.1) is 0 Å². The van der Waals surface area contributed by atoms with Crippen LogP contribution in [0, 0.1) is 6.92 Å². The molecule has 0 amide bonds. The Labute approximate surface area is 122 Å². The minimum Gasteiger partial charge on any atom is -0.464 e. The molecule has 1 aliphatic heterocycles. The second-order valence-electron chi connectivity index (χ2n) is 4.95. The number of hydrogen-bond donors (Lipinski definition) is 1. The summed E-state index contributed by atoms with van der Waals surface area (Å²) in [5.41, 5.74) is 1.95. The highest BCUT2D eigenvalue weighted by Gasteiger charge is 2.25. The van der Waals surface area contributed by atoms with E-state index in [0.29, 0.717) is 24.7 Å². The Kier molecular flexibility index (Phi) is 3.73. The monoisotopic (exact) mass is 284 g/mol. The van der Waals surface area contributed by atoms with E-state index in [0.717, 1.165) is 11.3 Å². The number of nitrogens with zero attached hydrogens (tertiary/aromatic N) is 1. The number of cyclic esters (lactones) is 1. The van der Waals surface area contributed by atoms with Crippen LogP contribution in [0.1, 0.15) is 12.0 Å². The number of benzene rings is 1. The van der Waals surface area contributed by atoms with Crippen molar-refractivity contribution < 1.29 is 14.3 Å². The van der Waals surface area contributed by atoms with E-state index < -0.39 is 0 Å². The van der Waals surface area contributed by atoms with Crippen molar-refractivity contribution in [3.63, 3.8) is 0 Å². The molecule has 1 fully saturated rings. The highest BCUT2D eigenvalue weighted by molar-refractivity contribution is 5.80. The summed E-state index contributed by atoms with van der Waals surface area (Å²) in [7, 11) is 0. The number of aromatic nitrogens is 1. The van der Waals surface area contributed by atoms with Crippen molar-refractivity contribution in [2.75, 3.05) is 11.9 Å². The standard InChI is InChI=1S/C16H16N2O3/c1-11-2-7-15(17-10-11)21-13-5-3-12(4-6-13)18-14-8-9-20-16(14)19/h2-7,10,14,18H,8-9H2,1H3. The van der Waals surface area contributed by atoms with Crippen LogP contribution < -0.4 is 10.1 Å². The molecule has 1 unspecified atom stereocenters. The van der Waals surface area contributed by atoms with Gasteiger partial charge in [-0.25, -0.2) is 9.78 Å². The Morgan fingerprint density at radius 3 is 2.67 bits per heavy atom. The number of ether oxygens (including phenoxy) is 2. The number of rotatable bonds is 4. The average molecular weight is 284 g/mol. The summed E-state index contributed by atoms with van der Waals surface area (Å²) >= 11 is 0. The fourth-order valence-electron chi connectivity index (χ4n) is 2.08. The van der Waals surface area contributed by atoms with E-state index in [1.165, 1.54) is 0 Å². The molecule has 108 valence electrons. The Hall–Kier alpha value is -2.56. The summed E-state index contributed by atoms with van der Waals surface area (Å²) in [6.07, 6.45) is 2.46. The Balaban J connectivity index is 1.63. The first-order valence-electron chi connectivity index (χ1n) is 6.84. The fourth-order valence-corrected chi connectivity index (χ4v) is 2.08. The Morgan fingerprint density at radius 1 is 1.24 bits per heavy atom. The molecule has 5 nitrogen and oxygen atoms in total. The number of esters is 1. The van der Waals surface area contributed by atoms with Gasteiger partial charge in [-0.05, 0) is 36.8 Å². The zero-order valence-electron chi connectivity index (χ0n) is 11.7. The largest absolute Gasteiger partial charge is 0.464 e. The topological polar surface area (TPSA) is 60.5 Å². The molecule has 1 aliphatic rings. The van der Waals surface area contributed by atoms with Crippen molar-refractivity contribution in [2.45, 2.75) is 19.4 Å². The second-order valence-corrected chi connectivity index (χ2v) is 4.95. The molecule has 1 atom stereocenters. The third-order valence-corrected chi connectivity index (χ3v) is 3.24. The molecule has 0 aliphatic carbocycles. The zero-order chi connectivity index (χ0) is 14.7. The number of pyridine rings is 1. The molecule has 0 radical (unpaired) electrons. The van der Waals surface area contributed by atoms with E-state index in [9.17, 15) is 4.79 Å². The molecule has 1 saturated heterocycles. The smallest absolute Gasteiger partial charge is 0.328 e. The van der Waals surface area contributed by atoms with Crippen LogP contribution in [-0.2, 0) is 9.53 Å². The molecular formula is C16H16N2O3. The van der Waals surface area contributed by atoms with E-state index in [1.807, 2.05) is 43.3 Å². The molecule has 1 aromatic carbocycles. The first-order valence-corrected chi connectivity index (χ1v) is 6.84. The quantitative estimate of drug-likeness (QED) is 0.875. The Morgan fingerprint density at radius 2 is 2.05 bits per heavy atom. The van der Waals surface area contributed by atoms with Gasteiger partial charge in [-0.1, -0.05) is 6.07 Å². The van der Waals surface area contributed by atoms with Gasteiger partial charge in [0.2, 0.25) is 5.88 Å². The number of anilines is 1. The van der Waals surface area contributed by atoms with Crippen LogP contribution in [0.15, 0.2) is 42.6 Å². The lowest BCUT2D eigenvalue weighted by molar-refractivity contribution is -0.138. The zero-order valence-corrected chi connectivity index (χ0v) is 11.7. The fraction of sp³-hybridized carbons (Fsp3) is 0.250. The lowest BCUT2D eigenvalue weighted by Gasteiger charge is -2.11. The molecule has 2 aromatic rings. The van der Waals surface area contributed by atoms with E-state index in [1.54, 1.807) is 6.20 Å². The van der Waals surface area contributed by atoms with E-state index in [4.69, 9.17) is 9.47 Å². The molecule has 1 N–H and O–H groups in total. The molecular weight excluding hydrogens is 268 g/mol. The van der Waals surface area contributed by atoms with Crippen molar-refractivity contribution >= 4 is 11.7 Å². The normalized spacial score (nSPS) is 17.4. The molecule has 0 bridgehead atoms. The number of aryl methyl sites for hydroxylation is 1. The lowest BCUT2D eigenvalue weighted by atomic mass is 10.2. The summed E-state index contributed by atoms with van der Waals surface area (Å²) in [5, 5.41) is 3.14. The van der Waals surface area contributed by atoms with Gasteiger partial charge in [-0.3, -0.25) is 0 Å². The van der Waals surface area contributed by atoms with Gasteiger partial charge < -0.3 is 14.8 Å². The number of carbonyl (C=O) groups excluding carboxylic acids is 1. The van der Waals surface area contributed by atoms with Crippen molar-refractivity contribution in [1.82, 2.24) is 4.98 Å². The van der Waals surface area contributed by atoms with Gasteiger partial charge in [0.1, 0.15) is 11.8 Å². The average Bonchev–Trinajstić information content (AvgIpc) is 2.89. The second kappa shape index (κ2) is 5.83. The molecule has 0 spiro atoms. The predicted molar refractivity (Wildman–Crippen MR) is 78.5 cm³/mol. The van der Waals surface area contributed by atoms with Gasteiger partial charge in [0.05, 0.1) is 6.61 Å². The minimum absolute atomic E-state index is 0.195. The highest BCUT2D eigenvalue weighted by atomic mass is 16.5. The first-order chi connectivity index (χ1) is 10.2. The number of nitrogens with one attached hydrogen (secondary N) is 1. The molecule has 2 heterocycles. The van der Waals surface area contributed by atoms with Crippen LogP contribution in [0.25, 0.3) is 0 Å². The van der Waals surface area contributed by atoms with Gasteiger partial charge in [0.25, 0.3) is 0 Å². The lowest BCUT2D eigenvalue weighted by Crippen LogP contribution is -2.24. The predicted octanol–water partition coefficient (Wildman–Crippen LogP) is 2.91. The third-order valence-electron chi connectivity index (χ3n) is 3.24. The SMILES string of the molecule is Cc1ccc(Oc2ccc(NC3CCOC3=O)cc2)nc1. The van der Waals surface area contributed by atoms with Crippen molar-refractivity contribution in [3.05, 3.63) is 48.2 Å². The highest BCUT2D eigenvalue weighted by Crippen LogP contribution is 2.22. The Bertz CT molecular complexity index is 623. The molecule has 21 heavy (non-hydrogen) atoms. The van der Waals surface area contributed by atoms with Crippen molar-refractivity contribution in [2.24, 2.45) is 0 Å². The maximum Gasteiger partial charge on any atom is 0.328 e. The van der Waals surface area contributed by atoms with Gasteiger partial charge in [-0.2, -0.15) is 0 Å². The molecule has 5 heteroatoms. The molecule has 0 saturated carbocycles. The summed E-state index contributed by atoms with van der Waals surface area (Å²) in [6, 6.07) is 10.9. The van der Waals surface area contributed by atoms with Crippen LogP contribution in [0.4, 0.5) is 5.69 Å². The summed E-state index contributed by atoms with van der Waals surface area (Å²) < 4.78 is 10.6. The summed E-state index contributed by atoms with van der Waals surface area (Å²) in [6.45, 7) is 2.46. The minimum atomic E-state index is -0.254. The van der Waals surface area contributed by atoms with Crippen molar-refractivity contribution in [1.29, 1.82) is 0 Å². The summed E-state index contributed by atoms with van der Waals surface area (Å²) in [5.74, 6) is 1.06. The maximum absolute atomic E-state index is 11.4.